The molecule has 0 saturated carbocycles. The van der Waals surface area contributed by atoms with Crippen molar-refractivity contribution in [2.45, 2.75) is 25.9 Å². The van der Waals surface area contributed by atoms with Crippen LogP contribution in [0.2, 0.25) is 0 Å². The van der Waals surface area contributed by atoms with E-state index >= 15 is 0 Å². The second kappa shape index (κ2) is 8.52. The number of nitrogens with one attached hydrogen (secondary N) is 3. The number of halogens is 2. The highest BCUT2D eigenvalue weighted by Gasteiger charge is 2.15. The van der Waals surface area contributed by atoms with Crippen LogP contribution in [0.3, 0.4) is 0 Å². The normalized spacial score (nSPS) is 11.3. The summed E-state index contributed by atoms with van der Waals surface area (Å²) >= 11 is 3.43. The summed E-state index contributed by atoms with van der Waals surface area (Å²) in [4.78, 5) is 11.9. The Kier molecular flexibility index (Phi) is 6.08. The third kappa shape index (κ3) is 5.63. The number of alkyl halides is 1. The lowest BCUT2D eigenvalue weighted by Crippen LogP contribution is -2.32. The lowest BCUT2D eigenvalue weighted by molar-refractivity contribution is 0.200. The van der Waals surface area contributed by atoms with Gasteiger partial charge in [0, 0.05) is 27.8 Å². The van der Waals surface area contributed by atoms with Crippen LogP contribution in [0.25, 0.3) is 10.9 Å². The van der Waals surface area contributed by atoms with E-state index in [-0.39, 0.29) is 19.0 Å². The van der Waals surface area contributed by atoms with E-state index in [1.165, 1.54) is 13.8 Å². The van der Waals surface area contributed by atoms with Gasteiger partial charge in [-0.2, -0.15) is 10.2 Å². The quantitative estimate of drug-likeness (QED) is 0.474. The van der Waals surface area contributed by atoms with Gasteiger partial charge in [-0.15, -0.1) is 0 Å². The average Bonchev–Trinajstić information content (AvgIpc) is 2.62. The Balaban J connectivity index is 1.61. The Morgan fingerprint density at radius 3 is 2.57 bits per heavy atom. The van der Waals surface area contributed by atoms with E-state index in [0.717, 1.165) is 26.8 Å². The summed E-state index contributed by atoms with van der Waals surface area (Å²) in [5.41, 5.74) is 1.81. The molecular formula is C20H21BrFN5O. The van der Waals surface area contributed by atoms with Gasteiger partial charge < -0.3 is 16.0 Å². The number of rotatable bonds is 6. The summed E-state index contributed by atoms with van der Waals surface area (Å²) < 4.78 is 14.4. The standard InChI is InChI=1S/C20H21BrFN5O/c1-20(2,22)9-10-23-19(28)26-15-6-4-14(5-7-15)25-18-12-24-27-17-11-13(21)3-8-16(17)18/h3-8,11-12H,9-10H2,1-2H3,(H,25,27)(H2,23,26,28). The van der Waals surface area contributed by atoms with E-state index in [2.05, 4.69) is 42.1 Å². The zero-order valence-corrected chi connectivity index (χ0v) is 17.2. The summed E-state index contributed by atoms with van der Waals surface area (Å²) in [5.74, 6) is 0. The minimum atomic E-state index is -1.30. The third-order valence-corrected chi connectivity index (χ3v) is 4.52. The molecule has 3 rings (SSSR count). The molecule has 28 heavy (non-hydrogen) atoms. The second-order valence-corrected chi connectivity index (χ2v) is 7.89. The molecule has 0 saturated heterocycles. The van der Waals surface area contributed by atoms with Crippen LogP contribution in [0.5, 0.6) is 0 Å². The molecule has 0 aliphatic heterocycles. The molecule has 6 nitrogen and oxygen atoms in total. The molecule has 1 heterocycles. The number of carbonyl (C=O) groups excluding carboxylic acids is 1. The van der Waals surface area contributed by atoms with Gasteiger partial charge in [0.25, 0.3) is 0 Å². The number of amides is 2. The topological polar surface area (TPSA) is 78.9 Å². The van der Waals surface area contributed by atoms with Gasteiger partial charge in [0.15, 0.2) is 0 Å². The molecule has 0 radical (unpaired) electrons. The predicted octanol–water partition coefficient (Wildman–Crippen LogP) is 5.40. The van der Waals surface area contributed by atoms with Crippen molar-refractivity contribution in [2.75, 3.05) is 17.2 Å². The van der Waals surface area contributed by atoms with Crippen molar-refractivity contribution in [1.29, 1.82) is 0 Å². The van der Waals surface area contributed by atoms with Gasteiger partial charge in [0.1, 0.15) is 5.67 Å². The molecule has 146 valence electrons. The van der Waals surface area contributed by atoms with Crippen LogP contribution in [0, 0.1) is 0 Å². The van der Waals surface area contributed by atoms with Gasteiger partial charge >= 0.3 is 6.03 Å². The molecule has 3 N–H and O–H groups in total. The first-order chi connectivity index (χ1) is 13.3. The number of nitrogens with zero attached hydrogens (tertiary/aromatic N) is 2. The molecule has 0 spiro atoms. The molecule has 0 bridgehead atoms. The smallest absolute Gasteiger partial charge is 0.319 e. The number of aromatic nitrogens is 2. The molecule has 2 aromatic carbocycles. The molecular weight excluding hydrogens is 425 g/mol. The molecule has 0 aliphatic rings. The monoisotopic (exact) mass is 445 g/mol. The van der Waals surface area contributed by atoms with Crippen molar-refractivity contribution in [2.24, 2.45) is 0 Å². The van der Waals surface area contributed by atoms with Crippen LogP contribution < -0.4 is 16.0 Å². The fraction of sp³-hybridized carbons (Fsp3) is 0.250. The van der Waals surface area contributed by atoms with Crippen molar-refractivity contribution in [1.82, 2.24) is 15.5 Å². The summed E-state index contributed by atoms with van der Waals surface area (Å²) in [5, 5.41) is 17.8. The number of urea groups is 1. The molecule has 0 aliphatic carbocycles. The zero-order valence-electron chi connectivity index (χ0n) is 15.6. The number of carbonyl (C=O) groups is 1. The molecule has 0 fully saturated rings. The number of hydrogen-bond acceptors (Lipinski definition) is 4. The molecule has 0 atom stereocenters. The number of hydrogen-bond donors (Lipinski definition) is 3. The molecule has 1 aromatic heterocycles. The lowest BCUT2D eigenvalue weighted by Gasteiger charge is -2.14. The van der Waals surface area contributed by atoms with Gasteiger partial charge in [-0.3, -0.25) is 0 Å². The lowest BCUT2D eigenvalue weighted by atomic mass is 10.1. The largest absolute Gasteiger partial charge is 0.354 e. The number of benzene rings is 2. The second-order valence-electron chi connectivity index (χ2n) is 6.97. The van der Waals surface area contributed by atoms with Gasteiger partial charge in [0.05, 0.1) is 17.4 Å². The van der Waals surface area contributed by atoms with Gasteiger partial charge in [-0.25, -0.2) is 9.18 Å². The first-order valence-corrected chi connectivity index (χ1v) is 9.61. The van der Waals surface area contributed by atoms with Crippen molar-refractivity contribution in [3.8, 4) is 0 Å². The predicted molar refractivity (Wildman–Crippen MR) is 114 cm³/mol. The summed E-state index contributed by atoms with van der Waals surface area (Å²) in [6.45, 7) is 3.24. The highest BCUT2D eigenvalue weighted by molar-refractivity contribution is 9.10. The number of anilines is 3. The van der Waals surface area contributed by atoms with Gasteiger partial charge in [-0.1, -0.05) is 15.9 Å². The fourth-order valence-electron chi connectivity index (χ4n) is 2.57. The minimum Gasteiger partial charge on any atom is -0.354 e. The molecule has 3 aromatic rings. The van der Waals surface area contributed by atoms with E-state index in [0.29, 0.717) is 5.69 Å². The van der Waals surface area contributed by atoms with Crippen LogP contribution in [-0.4, -0.2) is 28.4 Å². The van der Waals surface area contributed by atoms with E-state index in [9.17, 15) is 9.18 Å². The fourth-order valence-corrected chi connectivity index (χ4v) is 2.92. The van der Waals surface area contributed by atoms with Crippen LogP contribution in [0.15, 0.2) is 53.1 Å². The van der Waals surface area contributed by atoms with E-state index in [1.54, 1.807) is 18.3 Å². The Morgan fingerprint density at radius 1 is 1.14 bits per heavy atom. The van der Waals surface area contributed by atoms with Crippen molar-refractivity contribution < 1.29 is 9.18 Å². The minimum absolute atomic E-state index is 0.258. The van der Waals surface area contributed by atoms with Crippen molar-refractivity contribution in [3.63, 3.8) is 0 Å². The van der Waals surface area contributed by atoms with E-state index < -0.39 is 5.67 Å². The van der Waals surface area contributed by atoms with Gasteiger partial charge in [0.2, 0.25) is 0 Å². The summed E-state index contributed by atoms with van der Waals surface area (Å²) in [6.07, 6.45) is 1.93. The van der Waals surface area contributed by atoms with E-state index in [4.69, 9.17) is 0 Å². The Bertz CT molecular complexity index is 972. The van der Waals surface area contributed by atoms with Crippen LogP contribution in [-0.2, 0) is 0 Å². The average molecular weight is 446 g/mol. The molecule has 0 unspecified atom stereocenters. The van der Waals surface area contributed by atoms with Gasteiger partial charge in [-0.05, 0) is 62.7 Å². The van der Waals surface area contributed by atoms with Crippen LogP contribution in [0.1, 0.15) is 20.3 Å². The molecule has 2 amide bonds. The maximum absolute atomic E-state index is 13.4. The van der Waals surface area contributed by atoms with Crippen LogP contribution >= 0.6 is 15.9 Å². The van der Waals surface area contributed by atoms with Crippen molar-refractivity contribution in [3.05, 3.63) is 53.1 Å². The Morgan fingerprint density at radius 2 is 1.86 bits per heavy atom. The van der Waals surface area contributed by atoms with Crippen molar-refractivity contribution >= 4 is 49.9 Å². The highest BCUT2D eigenvalue weighted by Crippen LogP contribution is 2.27. The molecule has 8 heteroatoms. The maximum atomic E-state index is 13.4. The third-order valence-electron chi connectivity index (χ3n) is 4.03. The first-order valence-electron chi connectivity index (χ1n) is 8.82. The number of fused-ring (bicyclic) bond motifs is 1. The Hall–Kier alpha value is -2.74. The SMILES string of the molecule is CC(C)(F)CCNC(=O)Nc1ccc(Nc2cnnc3cc(Br)ccc23)cc1. The summed E-state index contributed by atoms with van der Waals surface area (Å²) in [6, 6.07) is 12.7. The zero-order chi connectivity index (χ0) is 20.1. The highest BCUT2D eigenvalue weighted by atomic mass is 79.9. The Labute approximate surface area is 171 Å². The first kappa shape index (κ1) is 20.0. The van der Waals surface area contributed by atoms with Crippen LogP contribution in [0.4, 0.5) is 26.2 Å². The van der Waals surface area contributed by atoms with E-state index in [1.807, 2.05) is 30.3 Å². The maximum Gasteiger partial charge on any atom is 0.319 e. The summed E-state index contributed by atoms with van der Waals surface area (Å²) in [7, 11) is 0.